The van der Waals surface area contributed by atoms with E-state index < -0.39 is 0 Å². The van der Waals surface area contributed by atoms with E-state index in [-0.39, 0.29) is 11.7 Å². The zero-order chi connectivity index (χ0) is 23.0. The van der Waals surface area contributed by atoms with E-state index >= 15 is 0 Å². The summed E-state index contributed by atoms with van der Waals surface area (Å²) in [4.78, 5) is 12.7. The Bertz CT molecular complexity index is 1190. The zero-order valence-electron chi connectivity index (χ0n) is 18.4. The van der Waals surface area contributed by atoms with E-state index in [0.717, 1.165) is 11.4 Å². The maximum atomic E-state index is 12.7. The molecule has 0 aliphatic heterocycles. The minimum atomic E-state index is -0.173. The van der Waals surface area contributed by atoms with Crippen molar-refractivity contribution in [3.8, 4) is 28.8 Å². The first-order valence-electron chi connectivity index (χ1n) is 10.6. The highest BCUT2D eigenvalue weighted by molar-refractivity contribution is 7.99. The molecule has 33 heavy (non-hydrogen) atoms. The summed E-state index contributed by atoms with van der Waals surface area (Å²) in [5.74, 6) is 2.51. The summed E-state index contributed by atoms with van der Waals surface area (Å²) in [5, 5.41) is 12.1. The second kappa shape index (κ2) is 10.7. The minimum absolute atomic E-state index is 0.147. The minimum Gasteiger partial charge on any atom is -0.494 e. The zero-order valence-corrected chi connectivity index (χ0v) is 19.2. The molecular weight excluding hydrogens is 440 g/mol. The Morgan fingerprint density at radius 2 is 1.79 bits per heavy atom. The van der Waals surface area contributed by atoms with Crippen LogP contribution in [0, 0.1) is 0 Å². The number of para-hydroxylation sites is 2. The van der Waals surface area contributed by atoms with Crippen LogP contribution in [0.5, 0.6) is 11.5 Å². The highest BCUT2D eigenvalue weighted by Crippen LogP contribution is 2.30. The van der Waals surface area contributed by atoms with Gasteiger partial charge in [0.1, 0.15) is 11.5 Å². The number of ether oxygens (including phenoxy) is 2. The highest BCUT2D eigenvalue weighted by atomic mass is 32.2. The predicted octanol–water partition coefficient (Wildman–Crippen LogP) is 5.06. The Morgan fingerprint density at radius 1 is 1.00 bits per heavy atom. The predicted molar refractivity (Wildman–Crippen MR) is 127 cm³/mol. The van der Waals surface area contributed by atoms with Crippen LogP contribution in [-0.2, 0) is 4.79 Å². The van der Waals surface area contributed by atoms with E-state index in [9.17, 15) is 4.79 Å². The molecule has 0 saturated carbocycles. The van der Waals surface area contributed by atoms with Crippen molar-refractivity contribution in [2.24, 2.45) is 0 Å². The Morgan fingerprint density at radius 3 is 2.52 bits per heavy atom. The van der Waals surface area contributed by atoms with Crippen LogP contribution < -0.4 is 14.8 Å². The highest BCUT2D eigenvalue weighted by Gasteiger charge is 2.19. The van der Waals surface area contributed by atoms with Gasteiger partial charge in [-0.3, -0.25) is 9.36 Å². The molecule has 8 nitrogen and oxygen atoms in total. The smallest absolute Gasteiger partial charge is 0.234 e. The lowest BCUT2D eigenvalue weighted by atomic mass is 10.3. The summed E-state index contributed by atoms with van der Waals surface area (Å²) < 4.78 is 18.5. The van der Waals surface area contributed by atoms with Gasteiger partial charge in [-0.2, -0.15) is 0 Å². The van der Waals surface area contributed by atoms with E-state index in [2.05, 4.69) is 15.5 Å². The summed E-state index contributed by atoms with van der Waals surface area (Å²) in [6.07, 6.45) is 1.59. The SMILES string of the molecule is CCOc1ccc(-n2c(SCC(=O)Nc3ccccc3OCC)nnc2-c2ccco2)cc1. The van der Waals surface area contributed by atoms with Crippen LogP contribution in [0.15, 0.2) is 76.5 Å². The van der Waals surface area contributed by atoms with Crippen molar-refractivity contribution >= 4 is 23.4 Å². The first-order chi connectivity index (χ1) is 16.2. The lowest BCUT2D eigenvalue weighted by molar-refractivity contribution is -0.113. The fourth-order valence-electron chi connectivity index (χ4n) is 3.19. The lowest BCUT2D eigenvalue weighted by Crippen LogP contribution is -2.15. The summed E-state index contributed by atoms with van der Waals surface area (Å²) in [7, 11) is 0. The first-order valence-corrected chi connectivity index (χ1v) is 11.5. The van der Waals surface area contributed by atoms with Gasteiger partial charge in [0.25, 0.3) is 0 Å². The molecule has 0 bridgehead atoms. The van der Waals surface area contributed by atoms with E-state index in [4.69, 9.17) is 13.9 Å². The molecule has 170 valence electrons. The van der Waals surface area contributed by atoms with E-state index in [1.165, 1.54) is 11.8 Å². The molecule has 9 heteroatoms. The van der Waals surface area contributed by atoms with Crippen molar-refractivity contribution in [3.63, 3.8) is 0 Å². The number of benzene rings is 2. The van der Waals surface area contributed by atoms with Gasteiger partial charge in [0.2, 0.25) is 11.7 Å². The number of carbonyl (C=O) groups is 1. The number of nitrogens with one attached hydrogen (secondary N) is 1. The average molecular weight is 465 g/mol. The van der Waals surface area contributed by atoms with Crippen LogP contribution >= 0.6 is 11.8 Å². The molecule has 0 unspecified atom stereocenters. The molecule has 2 heterocycles. The van der Waals surface area contributed by atoms with Crippen LogP contribution in [-0.4, -0.2) is 39.6 Å². The molecule has 0 radical (unpaired) electrons. The van der Waals surface area contributed by atoms with E-state index in [1.54, 1.807) is 12.3 Å². The van der Waals surface area contributed by atoms with Gasteiger partial charge in [0, 0.05) is 0 Å². The first kappa shape index (κ1) is 22.5. The molecule has 1 amide bonds. The number of furan rings is 1. The van der Waals surface area contributed by atoms with E-state index in [1.807, 2.05) is 73.0 Å². The molecule has 1 N–H and O–H groups in total. The van der Waals surface area contributed by atoms with Gasteiger partial charge in [-0.25, -0.2) is 0 Å². The Labute approximate surface area is 195 Å². The average Bonchev–Trinajstić information content (AvgIpc) is 3.50. The van der Waals surface area contributed by atoms with Crippen molar-refractivity contribution in [1.29, 1.82) is 0 Å². The number of thioether (sulfide) groups is 1. The van der Waals surface area contributed by atoms with Crippen LogP contribution in [0.1, 0.15) is 13.8 Å². The number of rotatable bonds is 10. The molecule has 2 aromatic heterocycles. The second-order valence-corrected chi connectivity index (χ2v) is 7.75. The fourth-order valence-corrected chi connectivity index (χ4v) is 3.94. The third-order valence-electron chi connectivity index (χ3n) is 4.57. The largest absolute Gasteiger partial charge is 0.494 e. The molecule has 0 aliphatic rings. The molecular formula is C24H24N4O4S. The van der Waals surface area contributed by atoms with Crippen LogP contribution in [0.4, 0.5) is 5.69 Å². The summed E-state index contributed by atoms with van der Waals surface area (Å²) in [5.41, 5.74) is 1.47. The molecule has 2 aromatic carbocycles. The molecule has 0 aliphatic carbocycles. The maximum Gasteiger partial charge on any atom is 0.234 e. The lowest BCUT2D eigenvalue weighted by Gasteiger charge is -2.12. The monoisotopic (exact) mass is 464 g/mol. The van der Waals surface area contributed by atoms with Gasteiger partial charge in [-0.15, -0.1) is 10.2 Å². The molecule has 0 fully saturated rings. The molecule has 4 aromatic rings. The van der Waals surface area contributed by atoms with E-state index in [0.29, 0.717) is 41.4 Å². The standard InChI is InChI=1S/C24H24N4O4S/c1-3-30-18-13-11-17(12-14-18)28-23(21-10-7-15-32-21)26-27-24(28)33-16-22(29)25-19-8-5-6-9-20(19)31-4-2/h5-15H,3-4,16H2,1-2H3,(H,25,29). The van der Waals surface area contributed by atoms with Gasteiger partial charge in [-0.1, -0.05) is 23.9 Å². The van der Waals surface area contributed by atoms with Gasteiger partial charge in [0.05, 0.1) is 36.6 Å². The molecule has 4 rings (SSSR count). The number of nitrogens with zero attached hydrogens (tertiary/aromatic N) is 3. The van der Waals surface area contributed by atoms with Crippen molar-refractivity contribution in [3.05, 3.63) is 66.9 Å². The van der Waals surface area contributed by atoms with Crippen molar-refractivity contribution in [2.45, 2.75) is 19.0 Å². The third-order valence-corrected chi connectivity index (χ3v) is 5.50. The number of aromatic nitrogens is 3. The number of carbonyl (C=O) groups excluding carboxylic acids is 1. The van der Waals surface area contributed by atoms with Gasteiger partial charge in [0.15, 0.2) is 10.9 Å². The van der Waals surface area contributed by atoms with Crippen LogP contribution in [0.2, 0.25) is 0 Å². The van der Waals surface area contributed by atoms with Gasteiger partial charge >= 0.3 is 0 Å². The topological polar surface area (TPSA) is 91.4 Å². The second-order valence-electron chi connectivity index (χ2n) is 6.81. The summed E-state index contributed by atoms with van der Waals surface area (Å²) in [6, 6.07) is 18.6. The molecule has 0 atom stereocenters. The third kappa shape index (κ3) is 5.38. The number of anilines is 1. The molecule has 0 saturated heterocycles. The summed E-state index contributed by atoms with van der Waals surface area (Å²) >= 11 is 1.28. The van der Waals surface area contributed by atoms with Gasteiger partial charge in [-0.05, 0) is 62.4 Å². The van der Waals surface area contributed by atoms with Crippen molar-refractivity contribution < 1.29 is 18.7 Å². The molecule has 0 spiro atoms. The maximum absolute atomic E-state index is 12.7. The Balaban J connectivity index is 1.55. The summed E-state index contributed by atoms with van der Waals surface area (Å²) in [6.45, 7) is 4.95. The number of amides is 1. The fraction of sp³-hybridized carbons (Fsp3) is 0.208. The quantitative estimate of drug-likeness (QED) is 0.328. The van der Waals surface area contributed by atoms with Crippen LogP contribution in [0.3, 0.4) is 0 Å². The van der Waals surface area contributed by atoms with Crippen molar-refractivity contribution in [2.75, 3.05) is 24.3 Å². The Kier molecular flexibility index (Phi) is 7.31. The van der Waals surface area contributed by atoms with Gasteiger partial charge < -0.3 is 19.2 Å². The van der Waals surface area contributed by atoms with Crippen molar-refractivity contribution in [1.82, 2.24) is 14.8 Å². The Hall–Kier alpha value is -3.72. The number of hydrogen-bond donors (Lipinski definition) is 1. The van der Waals surface area contributed by atoms with Crippen LogP contribution in [0.25, 0.3) is 17.3 Å². The number of hydrogen-bond acceptors (Lipinski definition) is 7. The normalized spacial score (nSPS) is 10.7.